The molecular formula is C15H27N3O3. The minimum absolute atomic E-state index is 0.0880. The van der Waals surface area contributed by atoms with Gasteiger partial charge in [-0.25, -0.2) is 0 Å². The number of amides is 1. The van der Waals surface area contributed by atoms with Crippen molar-refractivity contribution in [3.05, 3.63) is 0 Å². The first-order chi connectivity index (χ1) is 10.2. The monoisotopic (exact) mass is 297 g/mol. The van der Waals surface area contributed by atoms with Gasteiger partial charge in [0.2, 0.25) is 5.91 Å². The second kappa shape index (κ2) is 6.60. The molecule has 0 bridgehead atoms. The van der Waals surface area contributed by atoms with E-state index in [9.17, 15) is 4.79 Å². The molecule has 2 unspecified atom stereocenters. The molecule has 0 radical (unpaired) electrons. The first kappa shape index (κ1) is 15.2. The lowest BCUT2D eigenvalue weighted by Crippen LogP contribution is -2.53. The van der Waals surface area contributed by atoms with Crippen LogP contribution in [-0.2, 0) is 14.3 Å². The molecular weight excluding hydrogens is 270 g/mol. The summed E-state index contributed by atoms with van der Waals surface area (Å²) in [7, 11) is 2.07. The number of rotatable bonds is 3. The van der Waals surface area contributed by atoms with Gasteiger partial charge in [-0.05, 0) is 19.9 Å². The molecule has 3 aliphatic heterocycles. The third kappa shape index (κ3) is 3.56. The highest BCUT2D eigenvalue weighted by atomic mass is 16.6. The van der Waals surface area contributed by atoms with E-state index in [4.69, 9.17) is 9.47 Å². The fourth-order valence-electron chi connectivity index (χ4n) is 3.60. The highest BCUT2D eigenvalue weighted by Crippen LogP contribution is 2.34. The Morgan fingerprint density at radius 2 is 2.19 bits per heavy atom. The van der Waals surface area contributed by atoms with E-state index in [1.807, 2.05) is 4.90 Å². The van der Waals surface area contributed by atoms with Gasteiger partial charge < -0.3 is 19.7 Å². The van der Waals surface area contributed by atoms with Crippen LogP contribution in [0.1, 0.15) is 19.3 Å². The van der Waals surface area contributed by atoms with Crippen LogP contribution in [0.3, 0.4) is 0 Å². The molecule has 2 atom stereocenters. The Bertz CT molecular complexity index is 365. The van der Waals surface area contributed by atoms with Gasteiger partial charge in [-0.3, -0.25) is 9.69 Å². The number of hydrogen-bond donors (Lipinski definition) is 1. The van der Waals surface area contributed by atoms with Crippen molar-refractivity contribution in [1.82, 2.24) is 15.1 Å². The summed E-state index contributed by atoms with van der Waals surface area (Å²) in [5.74, 6) is 0.252. The molecule has 1 N–H and O–H groups in total. The molecule has 1 amide bonds. The highest BCUT2D eigenvalue weighted by Gasteiger charge is 2.42. The fraction of sp³-hybridized carbons (Fsp3) is 0.933. The molecule has 0 aromatic heterocycles. The van der Waals surface area contributed by atoms with Gasteiger partial charge in [0.1, 0.15) is 0 Å². The van der Waals surface area contributed by atoms with Crippen molar-refractivity contribution >= 4 is 5.91 Å². The predicted octanol–water partition coefficient (Wildman–Crippen LogP) is -0.312. The molecule has 0 aliphatic carbocycles. The molecule has 0 aromatic rings. The quantitative estimate of drug-likeness (QED) is 0.774. The van der Waals surface area contributed by atoms with Crippen molar-refractivity contribution in [2.24, 2.45) is 0 Å². The molecule has 6 heteroatoms. The van der Waals surface area contributed by atoms with Crippen LogP contribution >= 0.6 is 0 Å². The number of nitrogens with zero attached hydrogens (tertiary/aromatic N) is 2. The van der Waals surface area contributed by atoms with Gasteiger partial charge in [0.15, 0.2) is 0 Å². The van der Waals surface area contributed by atoms with Gasteiger partial charge in [0, 0.05) is 51.9 Å². The SMILES string of the molecule is CN(CC(=O)N1CCNCC1)C1CCOC2(CCOC2)C1. The van der Waals surface area contributed by atoms with Crippen LogP contribution in [0.15, 0.2) is 0 Å². The first-order valence-electron chi connectivity index (χ1n) is 8.09. The Balaban J connectivity index is 1.52. The fourth-order valence-corrected chi connectivity index (χ4v) is 3.60. The van der Waals surface area contributed by atoms with Crippen LogP contribution in [-0.4, -0.2) is 86.9 Å². The maximum atomic E-state index is 12.4. The molecule has 3 aliphatic rings. The normalized spacial score (nSPS) is 33.8. The maximum Gasteiger partial charge on any atom is 0.236 e. The number of carbonyl (C=O) groups is 1. The van der Waals surface area contributed by atoms with Gasteiger partial charge in [-0.15, -0.1) is 0 Å². The summed E-state index contributed by atoms with van der Waals surface area (Å²) >= 11 is 0. The van der Waals surface area contributed by atoms with Crippen molar-refractivity contribution in [3.63, 3.8) is 0 Å². The molecule has 3 fully saturated rings. The van der Waals surface area contributed by atoms with E-state index in [-0.39, 0.29) is 11.5 Å². The largest absolute Gasteiger partial charge is 0.378 e. The highest BCUT2D eigenvalue weighted by molar-refractivity contribution is 5.78. The summed E-state index contributed by atoms with van der Waals surface area (Å²) < 4.78 is 11.5. The molecule has 3 saturated heterocycles. The predicted molar refractivity (Wildman–Crippen MR) is 79.2 cm³/mol. The van der Waals surface area contributed by atoms with Crippen LogP contribution in [0.4, 0.5) is 0 Å². The van der Waals surface area contributed by atoms with E-state index in [2.05, 4.69) is 17.3 Å². The minimum Gasteiger partial charge on any atom is -0.378 e. The Morgan fingerprint density at radius 3 is 2.90 bits per heavy atom. The van der Waals surface area contributed by atoms with Gasteiger partial charge in [0.25, 0.3) is 0 Å². The summed E-state index contributed by atoms with van der Waals surface area (Å²) in [5, 5.41) is 3.28. The number of nitrogens with one attached hydrogen (secondary N) is 1. The average Bonchev–Trinajstić information content (AvgIpc) is 2.96. The van der Waals surface area contributed by atoms with E-state index in [0.717, 1.165) is 58.7 Å². The number of carbonyl (C=O) groups excluding carboxylic acids is 1. The van der Waals surface area contributed by atoms with Crippen molar-refractivity contribution in [2.45, 2.75) is 30.9 Å². The molecule has 1 spiro atoms. The summed E-state index contributed by atoms with van der Waals surface area (Å²) in [4.78, 5) is 16.6. The van der Waals surface area contributed by atoms with Crippen molar-refractivity contribution in [1.29, 1.82) is 0 Å². The smallest absolute Gasteiger partial charge is 0.236 e. The van der Waals surface area contributed by atoms with Crippen LogP contribution in [0.25, 0.3) is 0 Å². The molecule has 3 heterocycles. The molecule has 3 rings (SSSR count). The van der Waals surface area contributed by atoms with E-state index in [1.165, 1.54) is 0 Å². The van der Waals surface area contributed by atoms with E-state index < -0.39 is 0 Å². The number of ether oxygens (including phenoxy) is 2. The lowest BCUT2D eigenvalue weighted by Gasteiger charge is -2.41. The lowest BCUT2D eigenvalue weighted by molar-refractivity contribution is -0.136. The first-order valence-corrected chi connectivity index (χ1v) is 8.09. The van der Waals surface area contributed by atoms with Crippen LogP contribution in [0.5, 0.6) is 0 Å². The van der Waals surface area contributed by atoms with Crippen LogP contribution < -0.4 is 5.32 Å². The standard InChI is InChI=1S/C15H27N3O3/c1-17(11-14(19)18-6-4-16-5-7-18)13-2-8-21-15(10-13)3-9-20-12-15/h13,16H,2-12H2,1H3. The van der Waals surface area contributed by atoms with Crippen LogP contribution in [0.2, 0.25) is 0 Å². The molecule has 120 valence electrons. The topological polar surface area (TPSA) is 54.0 Å². The second-order valence-electron chi connectivity index (χ2n) is 6.53. The zero-order chi connectivity index (χ0) is 14.7. The van der Waals surface area contributed by atoms with Crippen molar-refractivity contribution in [3.8, 4) is 0 Å². The molecule has 0 saturated carbocycles. The second-order valence-corrected chi connectivity index (χ2v) is 6.53. The Morgan fingerprint density at radius 1 is 1.38 bits per heavy atom. The molecule has 21 heavy (non-hydrogen) atoms. The third-order valence-electron chi connectivity index (χ3n) is 5.01. The third-order valence-corrected chi connectivity index (χ3v) is 5.01. The van der Waals surface area contributed by atoms with Crippen molar-refractivity contribution in [2.75, 3.05) is 59.6 Å². The van der Waals surface area contributed by atoms with E-state index in [0.29, 0.717) is 19.2 Å². The van der Waals surface area contributed by atoms with E-state index in [1.54, 1.807) is 0 Å². The van der Waals surface area contributed by atoms with Gasteiger partial charge in [-0.1, -0.05) is 0 Å². The van der Waals surface area contributed by atoms with Crippen LogP contribution in [0, 0.1) is 0 Å². The number of piperazine rings is 1. The summed E-state index contributed by atoms with van der Waals surface area (Å²) in [5.41, 5.74) is -0.0880. The van der Waals surface area contributed by atoms with Gasteiger partial charge in [0.05, 0.1) is 18.8 Å². The summed E-state index contributed by atoms with van der Waals surface area (Å²) in [6.45, 7) is 6.29. The summed E-state index contributed by atoms with van der Waals surface area (Å²) in [6, 6.07) is 0.423. The molecule has 0 aromatic carbocycles. The zero-order valence-electron chi connectivity index (χ0n) is 13.0. The number of hydrogen-bond acceptors (Lipinski definition) is 5. The van der Waals surface area contributed by atoms with Gasteiger partial charge >= 0.3 is 0 Å². The lowest BCUT2D eigenvalue weighted by atomic mass is 9.89. The zero-order valence-corrected chi connectivity index (χ0v) is 13.0. The maximum absolute atomic E-state index is 12.4. The Labute approximate surface area is 126 Å². The summed E-state index contributed by atoms with van der Waals surface area (Å²) in [6.07, 6.45) is 2.98. The van der Waals surface area contributed by atoms with E-state index >= 15 is 0 Å². The van der Waals surface area contributed by atoms with Gasteiger partial charge in [-0.2, -0.15) is 0 Å². The minimum atomic E-state index is -0.0880. The Hall–Kier alpha value is -0.690. The molecule has 6 nitrogen and oxygen atoms in total. The average molecular weight is 297 g/mol. The number of likely N-dealkylation sites (N-methyl/N-ethyl adjacent to an activating group) is 1. The Kier molecular flexibility index (Phi) is 4.78. The van der Waals surface area contributed by atoms with Crippen molar-refractivity contribution < 1.29 is 14.3 Å².